The fourth-order valence-electron chi connectivity index (χ4n) is 2.78. The summed E-state index contributed by atoms with van der Waals surface area (Å²) >= 11 is 2.72. The largest absolute Gasteiger partial charge is 0.349 e. The van der Waals surface area contributed by atoms with Gasteiger partial charge in [0, 0.05) is 11.4 Å². The van der Waals surface area contributed by atoms with Crippen LogP contribution in [0.3, 0.4) is 0 Å². The number of para-hydroxylation sites is 1. The Hall–Kier alpha value is -3.21. The molecule has 0 aliphatic heterocycles. The molecule has 1 N–H and O–H groups in total. The van der Waals surface area contributed by atoms with Gasteiger partial charge in [0.05, 0.1) is 15.2 Å². The van der Waals surface area contributed by atoms with Crippen molar-refractivity contribution >= 4 is 44.6 Å². The summed E-state index contributed by atoms with van der Waals surface area (Å²) in [6.45, 7) is 0. The monoisotopic (exact) mass is 435 g/mol. The van der Waals surface area contributed by atoms with Crippen molar-refractivity contribution in [1.82, 2.24) is 4.98 Å². The van der Waals surface area contributed by atoms with Gasteiger partial charge in [-0.2, -0.15) is 5.26 Å². The lowest BCUT2D eigenvalue weighted by Gasteiger charge is -2.13. The molecule has 1 aromatic heterocycles. The van der Waals surface area contributed by atoms with Gasteiger partial charge in [0.15, 0.2) is 0 Å². The van der Waals surface area contributed by atoms with E-state index in [1.165, 1.54) is 41.3 Å². The average molecular weight is 436 g/mol. The van der Waals surface area contributed by atoms with Crippen molar-refractivity contribution in [3.8, 4) is 6.07 Å². The number of rotatable bonds is 6. The zero-order valence-corrected chi connectivity index (χ0v) is 17.2. The van der Waals surface area contributed by atoms with Crippen molar-refractivity contribution in [1.29, 1.82) is 5.26 Å². The third-order valence-electron chi connectivity index (χ3n) is 4.28. The number of hydrogen-bond donors (Lipinski definition) is 1. The van der Waals surface area contributed by atoms with Crippen LogP contribution in [0.1, 0.15) is 10.6 Å². The third kappa shape index (κ3) is 4.51. The number of halogens is 2. The molecular weight excluding hydrogens is 420 g/mol. The molecule has 0 amide bonds. The Morgan fingerprint density at radius 1 is 1.00 bits per heavy atom. The van der Waals surface area contributed by atoms with Crippen LogP contribution < -0.4 is 5.32 Å². The fraction of sp³-hybridized carbons (Fsp3) is 0.0435. The zero-order chi connectivity index (χ0) is 20.9. The Morgan fingerprint density at radius 2 is 1.73 bits per heavy atom. The van der Waals surface area contributed by atoms with Gasteiger partial charge < -0.3 is 5.32 Å². The molecular formula is C23H15F2N3S2. The number of nitrogens with one attached hydrogen (secondary N) is 1. The number of anilines is 1. The topological polar surface area (TPSA) is 48.7 Å². The highest BCUT2D eigenvalue weighted by Crippen LogP contribution is 2.34. The molecule has 0 saturated heterocycles. The Morgan fingerprint density at radius 3 is 2.47 bits per heavy atom. The third-order valence-corrected chi connectivity index (χ3v) is 6.38. The minimum absolute atomic E-state index is 0.301. The van der Waals surface area contributed by atoms with Crippen molar-refractivity contribution in [2.24, 2.45) is 0 Å². The number of nitrogens with zero attached hydrogens (tertiary/aromatic N) is 2. The van der Waals surface area contributed by atoms with Crippen LogP contribution in [0.25, 0.3) is 15.8 Å². The summed E-state index contributed by atoms with van der Waals surface area (Å²) in [5.41, 5.74) is 2.33. The smallest absolute Gasteiger partial charge is 0.137 e. The van der Waals surface area contributed by atoms with E-state index >= 15 is 0 Å². The number of allylic oxidation sites excluding steroid dienone is 1. The minimum atomic E-state index is -0.350. The molecule has 0 spiro atoms. The lowest BCUT2D eigenvalue weighted by molar-refractivity contribution is 0.617. The minimum Gasteiger partial charge on any atom is -0.349 e. The number of fused-ring (bicyclic) bond motifs is 1. The van der Waals surface area contributed by atoms with Crippen molar-refractivity contribution in [3.63, 3.8) is 0 Å². The predicted octanol–water partition coefficient (Wildman–Crippen LogP) is 6.81. The molecule has 0 aliphatic rings. The van der Waals surface area contributed by atoms with E-state index in [-0.39, 0.29) is 11.6 Å². The first-order valence-corrected chi connectivity index (χ1v) is 10.8. The summed E-state index contributed by atoms with van der Waals surface area (Å²) in [4.78, 5) is 4.58. The van der Waals surface area contributed by atoms with Crippen LogP contribution in [0.2, 0.25) is 0 Å². The molecule has 4 rings (SSSR count). The Kier molecular flexibility index (Phi) is 6.07. The molecule has 0 aliphatic carbocycles. The number of aromatic nitrogens is 1. The lowest BCUT2D eigenvalue weighted by Crippen LogP contribution is -2.01. The highest BCUT2D eigenvalue weighted by atomic mass is 32.2. The van der Waals surface area contributed by atoms with E-state index in [0.29, 0.717) is 32.6 Å². The van der Waals surface area contributed by atoms with Crippen LogP contribution in [0, 0.1) is 23.0 Å². The van der Waals surface area contributed by atoms with Crippen molar-refractivity contribution < 1.29 is 8.78 Å². The van der Waals surface area contributed by atoms with Gasteiger partial charge >= 0.3 is 0 Å². The highest BCUT2D eigenvalue weighted by molar-refractivity contribution is 8.02. The van der Waals surface area contributed by atoms with Gasteiger partial charge in [0.1, 0.15) is 28.3 Å². The number of thiazole rings is 1. The Balaban J connectivity index is 1.73. The average Bonchev–Trinajstić information content (AvgIpc) is 3.18. The van der Waals surface area contributed by atoms with Crippen LogP contribution in [0.5, 0.6) is 0 Å². The molecule has 30 heavy (non-hydrogen) atoms. The second kappa shape index (κ2) is 9.08. The number of hydrogen-bond acceptors (Lipinski definition) is 5. The van der Waals surface area contributed by atoms with Gasteiger partial charge in [-0.25, -0.2) is 13.8 Å². The molecule has 0 fully saturated rings. The molecule has 3 aromatic carbocycles. The van der Waals surface area contributed by atoms with Crippen LogP contribution in [-0.4, -0.2) is 4.98 Å². The summed E-state index contributed by atoms with van der Waals surface area (Å²) in [5, 5.41) is 14.2. The Labute approximate surface area is 180 Å². The number of nitriles is 1. The van der Waals surface area contributed by atoms with Crippen LogP contribution in [-0.2, 0) is 5.75 Å². The summed E-state index contributed by atoms with van der Waals surface area (Å²) in [5.74, 6) is -0.326. The summed E-state index contributed by atoms with van der Waals surface area (Å²) < 4.78 is 28.4. The number of benzene rings is 3. The van der Waals surface area contributed by atoms with Crippen molar-refractivity contribution in [3.05, 3.63) is 100 Å². The van der Waals surface area contributed by atoms with E-state index < -0.39 is 0 Å². The van der Waals surface area contributed by atoms with Gasteiger partial charge in [-0.1, -0.05) is 30.3 Å². The van der Waals surface area contributed by atoms with Crippen LogP contribution in [0.4, 0.5) is 14.5 Å². The van der Waals surface area contributed by atoms with E-state index in [0.717, 1.165) is 10.2 Å². The second-order valence-electron chi connectivity index (χ2n) is 6.31. The van der Waals surface area contributed by atoms with Gasteiger partial charge in [-0.05, 0) is 48.0 Å². The number of thioether (sulfide) groups is 1. The molecule has 0 saturated carbocycles. The SMILES string of the molecule is N#C/C(=C(/Nc1ccc(F)cc1)SCc1ccccc1F)c1nc2ccccc2s1. The van der Waals surface area contributed by atoms with Crippen molar-refractivity contribution in [2.45, 2.75) is 5.75 Å². The molecule has 148 valence electrons. The van der Waals surface area contributed by atoms with E-state index in [9.17, 15) is 14.0 Å². The van der Waals surface area contributed by atoms with Gasteiger partial charge in [0.25, 0.3) is 0 Å². The molecule has 1 heterocycles. The van der Waals surface area contributed by atoms with E-state index in [1.807, 2.05) is 24.3 Å². The zero-order valence-electron chi connectivity index (χ0n) is 15.6. The summed E-state index contributed by atoms with van der Waals surface area (Å²) in [6, 6.07) is 22.3. The van der Waals surface area contributed by atoms with Gasteiger partial charge in [0.2, 0.25) is 0 Å². The maximum absolute atomic E-state index is 14.1. The maximum atomic E-state index is 14.1. The predicted molar refractivity (Wildman–Crippen MR) is 120 cm³/mol. The highest BCUT2D eigenvalue weighted by Gasteiger charge is 2.16. The second-order valence-corrected chi connectivity index (χ2v) is 8.33. The standard InChI is InChI=1S/C23H15F2N3S2/c24-16-9-11-17(12-10-16)27-22(29-14-15-5-1-2-6-19(15)25)18(13-26)23-28-20-7-3-4-8-21(20)30-23/h1-12,27H,14H2/b22-18+. The molecule has 7 heteroatoms. The fourth-order valence-corrected chi connectivity index (χ4v) is 4.82. The first-order chi connectivity index (χ1) is 14.6. The molecule has 4 aromatic rings. The van der Waals surface area contributed by atoms with Gasteiger partial charge in [-0.3, -0.25) is 0 Å². The first-order valence-electron chi connectivity index (χ1n) is 9.03. The Bertz CT molecular complexity index is 1220. The lowest BCUT2D eigenvalue weighted by atomic mass is 10.2. The van der Waals surface area contributed by atoms with E-state index in [1.54, 1.807) is 30.3 Å². The van der Waals surface area contributed by atoms with E-state index in [4.69, 9.17) is 0 Å². The van der Waals surface area contributed by atoms with Crippen LogP contribution >= 0.6 is 23.1 Å². The summed E-state index contributed by atoms with van der Waals surface area (Å²) in [7, 11) is 0. The molecule has 3 nitrogen and oxygen atoms in total. The van der Waals surface area contributed by atoms with Crippen LogP contribution in [0.15, 0.2) is 77.8 Å². The van der Waals surface area contributed by atoms with Crippen molar-refractivity contribution in [2.75, 3.05) is 5.32 Å². The van der Waals surface area contributed by atoms with Gasteiger partial charge in [-0.15, -0.1) is 23.1 Å². The van der Waals surface area contributed by atoms with E-state index in [2.05, 4.69) is 16.4 Å². The molecule has 0 bridgehead atoms. The normalized spacial score (nSPS) is 11.8. The molecule has 0 radical (unpaired) electrons. The maximum Gasteiger partial charge on any atom is 0.137 e. The molecule has 0 atom stereocenters. The summed E-state index contributed by atoms with van der Waals surface area (Å²) in [6.07, 6.45) is 0. The first kappa shape index (κ1) is 20.1. The molecule has 0 unspecified atom stereocenters. The quantitative estimate of drug-likeness (QED) is 0.338.